The molecular weight excluding hydrogens is 373 g/mol. The number of anilines is 1. The van der Waals surface area contributed by atoms with E-state index in [1.165, 1.54) is 12.1 Å². The first kappa shape index (κ1) is 21.1. The van der Waals surface area contributed by atoms with E-state index in [0.29, 0.717) is 29.8 Å². The van der Waals surface area contributed by atoms with Crippen molar-refractivity contribution in [3.63, 3.8) is 0 Å². The van der Waals surface area contributed by atoms with Crippen LogP contribution in [0.4, 0.5) is 14.9 Å². The van der Waals surface area contributed by atoms with E-state index in [0.717, 1.165) is 0 Å². The highest BCUT2D eigenvalue weighted by molar-refractivity contribution is 7.91. The van der Waals surface area contributed by atoms with Gasteiger partial charge in [0.05, 0.1) is 0 Å². The first-order valence-corrected chi connectivity index (χ1v) is 10.5. The fourth-order valence-corrected chi connectivity index (χ4v) is 4.38. The number of urea groups is 1. The van der Waals surface area contributed by atoms with Crippen LogP contribution < -0.4 is 15.4 Å². The van der Waals surface area contributed by atoms with Gasteiger partial charge in [-0.1, -0.05) is 27.7 Å². The van der Waals surface area contributed by atoms with E-state index in [1.54, 1.807) is 0 Å². The van der Waals surface area contributed by atoms with Gasteiger partial charge in [-0.2, -0.15) is 0 Å². The molecule has 7 nitrogen and oxygen atoms in total. The highest BCUT2D eigenvalue weighted by atomic mass is 32.2. The van der Waals surface area contributed by atoms with Crippen LogP contribution in [-0.4, -0.2) is 32.2 Å². The molecule has 1 aromatic carbocycles. The zero-order chi connectivity index (χ0) is 20.4. The number of piperidine rings is 1. The van der Waals surface area contributed by atoms with Crippen molar-refractivity contribution in [2.24, 2.45) is 0 Å². The average Bonchev–Trinajstić information content (AvgIpc) is 2.55. The summed E-state index contributed by atoms with van der Waals surface area (Å²) < 4.78 is 40.7. The number of sulfonamides is 1. The molecule has 0 bridgehead atoms. The Morgan fingerprint density at radius 2 is 1.74 bits per heavy atom. The standard InChI is InChI=1S/C18H26FN3O4S/c1-10(2)13-8-12(19)9-14(11(3)4)16(13)21-18(24)22-27(25,26)15-6-5-7-20-17(15)23/h8-11,15H,5-7H2,1-4H3,(H,20,23)(H2,21,22,24). The second-order valence-corrected chi connectivity index (χ2v) is 9.15. The van der Waals surface area contributed by atoms with Crippen LogP contribution in [0.2, 0.25) is 0 Å². The maximum atomic E-state index is 14.0. The van der Waals surface area contributed by atoms with Crippen molar-refractivity contribution in [2.75, 3.05) is 11.9 Å². The first-order chi connectivity index (χ1) is 12.5. The van der Waals surface area contributed by atoms with Gasteiger partial charge >= 0.3 is 6.03 Å². The monoisotopic (exact) mass is 399 g/mol. The van der Waals surface area contributed by atoms with E-state index in [2.05, 4.69) is 10.6 Å². The minimum Gasteiger partial charge on any atom is -0.355 e. The number of amides is 3. The third-order valence-electron chi connectivity index (χ3n) is 4.49. The van der Waals surface area contributed by atoms with E-state index < -0.39 is 33.0 Å². The van der Waals surface area contributed by atoms with Crippen molar-refractivity contribution < 1.29 is 22.4 Å². The minimum absolute atomic E-state index is 0.0887. The summed E-state index contributed by atoms with van der Waals surface area (Å²) in [6, 6.07) is 1.69. The van der Waals surface area contributed by atoms with Crippen molar-refractivity contribution in [1.82, 2.24) is 10.0 Å². The molecule has 1 aliphatic heterocycles. The number of nitrogens with one attached hydrogen (secondary N) is 3. The molecule has 150 valence electrons. The predicted octanol–water partition coefficient (Wildman–Crippen LogP) is 2.80. The van der Waals surface area contributed by atoms with Crippen molar-refractivity contribution in [2.45, 2.75) is 57.6 Å². The molecule has 9 heteroatoms. The smallest absolute Gasteiger partial charge is 0.332 e. The summed E-state index contributed by atoms with van der Waals surface area (Å²) in [5, 5.41) is 3.73. The number of carbonyl (C=O) groups excluding carboxylic acids is 2. The molecule has 1 aromatic rings. The predicted molar refractivity (Wildman–Crippen MR) is 102 cm³/mol. The summed E-state index contributed by atoms with van der Waals surface area (Å²) in [5.41, 5.74) is 1.53. The Labute approximate surface area is 159 Å². The number of rotatable bonds is 5. The van der Waals surface area contributed by atoms with Gasteiger partial charge in [0.15, 0.2) is 5.25 Å². The Morgan fingerprint density at radius 1 is 1.19 bits per heavy atom. The number of carbonyl (C=O) groups is 2. The molecule has 1 unspecified atom stereocenters. The van der Waals surface area contributed by atoms with Gasteiger partial charge in [0, 0.05) is 12.2 Å². The van der Waals surface area contributed by atoms with Crippen LogP contribution in [0.1, 0.15) is 63.5 Å². The first-order valence-electron chi connectivity index (χ1n) is 8.96. The lowest BCUT2D eigenvalue weighted by molar-refractivity contribution is -0.121. The highest BCUT2D eigenvalue weighted by Gasteiger charge is 2.35. The normalized spacial score (nSPS) is 17.7. The maximum Gasteiger partial charge on any atom is 0.332 e. The fraction of sp³-hybridized carbons (Fsp3) is 0.556. The molecule has 2 rings (SSSR count). The van der Waals surface area contributed by atoms with E-state index in [-0.39, 0.29) is 18.3 Å². The quantitative estimate of drug-likeness (QED) is 0.708. The van der Waals surface area contributed by atoms with Crippen molar-refractivity contribution in [3.8, 4) is 0 Å². The minimum atomic E-state index is -4.17. The van der Waals surface area contributed by atoms with Gasteiger partial charge < -0.3 is 10.6 Å². The molecule has 0 spiro atoms. The lowest BCUT2D eigenvalue weighted by Gasteiger charge is -2.23. The third kappa shape index (κ3) is 4.97. The molecule has 0 aromatic heterocycles. The van der Waals surface area contributed by atoms with Crippen molar-refractivity contribution >= 4 is 27.6 Å². The fourth-order valence-electron chi connectivity index (χ4n) is 3.08. The maximum absolute atomic E-state index is 14.0. The molecule has 0 saturated carbocycles. The van der Waals surface area contributed by atoms with Gasteiger partial charge in [-0.15, -0.1) is 0 Å². The molecule has 1 fully saturated rings. The van der Waals surface area contributed by atoms with Gasteiger partial charge in [-0.05, 0) is 47.9 Å². The van der Waals surface area contributed by atoms with Gasteiger partial charge in [-0.3, -0.25) is 4.79 Å². The Balaban J connectivity index is 2.28. The molecule has 1 atom stereocenters. The summed E-state index contributed by atoms with van der Waals surface area (Å²) in [7, 11) is -4.17. The Bertz CT molecular complexity index is 808. The van der Waals surface area contributed by atoms with Crippen LogP contribution in [0.25, 0.3) is 0 Å². The van der Waals surface area contributed by atoms with Crippen LogP contribution in [0.15, 0.2) is 12.1 Å². The number of hydrogen-bond donors (Lipinski definition) is 3. The second kappa shape index (κ2) is 8.24. The van der Waals surface area contributed by atoms with Crippen molar-refractivity contribution in [3.05, 3.63) is 29.1 Å². The summed E-state index contributed by atoms with van der Waals surface area (Å²) in [6.45, 7) is 7.83. The van der Waals surface area contributed by atoms with Gasteiger partial charge in [0.25, 0.3) is 0 Å². The van der Waals surface area contributed by atoms with E-state index in [1.807, 2.05) is 32.4 Å². The largest absolute Gasteiger partial charge is 0.355 e. The summed E-state index contributed by atoms with van der Waals surface area (Å²) in [4.78, 5) is 24.2. The van der Waals surface area contributed by atoms with Crippen LogP contribution >= 0.6 is 0 Å². The van der Waals surface area contributed by atoms with Crippen LogP contribution in [0, 0.1) is 5.82 Å². The molecule has 27 heavy (non-hydrogen) atoms. The van der Waals surface area contributed by atoms with Gasteiger partial charge in [-0.25, -0.2) is 22.3 Å². The van der Waals surface area contributed by atoms with Gasteiger partial charge in [0.1, 0.15) is 5.82 Å². The molecule has 3 N–H and O–H groups in total. The lowest BCUT2D eigenvalue weighted by Crippen LogP contribution is -2.50. The zero-order valence-corrected chi connectivity index (χ0v) is 16.7. The van der Waals surface area contributed by atoms with Gasteiger partial charge in [0.2, 0.25) is 15.9 Å². The topological polar surface area (TPSA) is 104 Å². The molecule has 1 aliphatic rings. The SMILES string of the molecule is CC(C)c1cc(F)cc(C(C)C)c1NC(=O)NS(=O)(=O)C1CCCNC1=O. The highest BCUT2D eigenvalue weighted by Crippen LogP contribution is 2.33. The molecule has 1 saturated heterocycles. The number of benzene rings is 1. The molecular formula is C18H26FN3O4S. The Hall–Kier alpha value is -2.16. The number of halogens is 1. The molecule has 1 heterocycles. The summed E-state index contributed by atoms with van der Waals surface area (Å²) >= 11 is 0. The Kier molecular flexibility index (Phi) is 6.46. The zero-order valence-electron chi connectivity index (χ0n) is 15.9. The summed E-state index contributed by atoms with van der Waals surface area (Å²) in [5.74, 6) is -1.21. The number of hydrogen-bond acceptors (Lipinski definition) is 4. The Morgan fingerprint density at radius 3 is 2.22 bits per heavy atom. The molecule has 0 aliphatic carbocycles. The van der Waals surface area contributed by atoms with E-state index in [9.17, 15) is 22.4 Å². The van der Waals surface area contributed by atoms with Crippen LogP contribution in [-0.2, 0) is 14.8 Å². The van der Waals surface area contributed by atoms with Crippen molar-refractivity contribution in [1.29, 1.82) is 0 Å². The van der Waals surface area contributed by atoms with E-state index in [4.69, 9.17) is 0 Å². The summed E-state index contributed by atoms with van der Waals surface area (Å²) in [6.07, 6.45) is 0.672. The molecule has 3 amide bonds. The second-order valence-electron chi connectivity index (χ2n) is 7.29. The molecule has 0 radical (unpaired) electrons. The average molecular weight is 399 g/mol. The van der Waals surface area contributed by atoms with E-state index >= 15 is 0 Å². The third-order valence-corrected chi connectivity index (χ3v) is 6.16. The van der Waals surface area contributed by atoms with Crippen LogP contribution in [0.5, 0.6) is 0 Å². The lowest BCUT2D eigenvalue weighted by atomic mass is 9.92. The van der Waals surface area contributed by atoms with Crippen LogP contribution in [0.3, 0.4) is 0 Å².